The molecular formula is C9H8F2N4. The minimum absolute atomic E-state index is 0.0168. The minimum atomic E-state index is -0.558. The number of nitrogens with one attached hydrogen (secondary N) is 2. The van der Waals surface area contributed by atoms with Crippen molar-refractivity contribution < 1.29 is 8.78 Å². The summed E-state index contributed by atoms with van der Waals surface area (Å²) in [6.45, 7) is 0. The van der Waals surface area contributed by atoms with Gasteiger partial charge in [0.25, 0.3) is 0 Å². The van der Waals surface area contributed by atoms with Crippen molar-refractivity contribution in [3.63, 3.8) is 0 Å². The van der Waals surface area contributed by atoms with Crippen molar-refractivity contribution in [1.82, 2.24) is 10.2 Å². The molecule has 1 aromatic heterocycles. The molecule has 0 saturated carbocycles. The van der Waals surface area contributed by atoms with Crippen LogP contribution in [0.3, 0.4) is 0 Å². The summed E-state index contributed by atoms with van der Waals surface area (Å²) in [4.78, 5) is 0. The largest absolute Gasteiger partial charge is 0.382 e. The van der Waals surface area contributed by atoms with Crippen LogP contribution in [0.4, 0.5) is 26.0 Å². The molecule has 2 rings (SSSR count). The molecule has 4 N–H and O–H groups in total. The SMILES string of the molecule is Nc1[nH]ncc1Nc1cc(F)ccc1F. The second-order valence-electron chi connectivity index (χ2n) is 2.95. The van der Waals surface area contributed by atoms with Gasteiger partial charge in [-0.05, 0) is 12.1 Å². The Balaban J connectivity index is 2.32. The number of H-pyrrole nitrogens is 1. The number of nitrogens with zero attached hydrogens (tertiary/aromatic N) is 1. The number of nitrogen functional groups attached to an aromatic ring is 1. The Hall–Kier alpha value is -2.11. The molecule has 0 unspecified atom stereocenters. The maximum absolute atomic E-state index is 13.2. The van der Waals surface area contributed by atoms with Gasteiger partial charge in [0.15, 0.2) is 0 Å². The van der Waals surface area contributed by atoms with Gasteiger partial charge in [0.2, 0.25) is 0 Å². The number of nitrogens with two attached hydrogens (primary N) is 1. The van der Waals surface area contributed by atoms with Gasteiger partial charge in [-0.15, -0.1) is 0 Å². The van der Waals surface area contributed by atoms with Gasteiger partial charge in [0.1, 0.15) is 23.1 Å². The molecule has 0 saturated heterocycles. The van der Waals surface area contributed by atoms with E-state index in [1.54, 1.807) is 0 Å². The third-order valence-corrected chi connectivity index (χ3v) is 1.87. The molecule has 0 aliphatic rings. The lowest BCUT2D eigenvalue weighted by atomic mass is 10.3. The van der Waals surface area contributed by atoms with Crippen LogP contribution in [0.25, 0.3) is 0 Å². The van der Waals surface area contributed by atoms with Gasteiger partial charge in [0, 0.05) is 6.07 Å². The molecule has 0 atom stereocenters. The first-order chi connectivity index (χ1) is 7.16. The zero-order chi connectivity index (χ0) is 10.8. The summed E-state index contributed by atoms with van der Waals surface area (Å²) in [6, 6.07) is 3.12. The summed E-state index contributed by atoms with van der Waals surface area (Å²) in [5.41, 5.74) is 5.90. The van der Waals surface area contributed by atoms with Crippen LogP contribution in [0.2, 0.25) is 0 Å². The average molecular weight is 210 g/mol. The van der Waals surface area contributed by atoms with Crippen molar-refractivity contribution in [2.45, 2.75) is 0 Å². The van der Waals surface area contributed by atoms with E-state index in [4.69, 9.17) is 5.73 Å². The molecule has 0 radical (unpaired) electrons. The van der Waals surface area contributed by atoms with Crippen LogP contribution in [-0.4, -0.2) is 10.2 Å². The molecule has 0 spiro atoms. The summed E-state index contributed by atoms with van der Waals surface area (Å²) in [6.07, 6.45) is 1.39. The van der Waals surface area contributed by atoms with E-state index < -0.39 is 11.6 Å². The summed E-state index contributed by atoms with van der Waals surface area (Å²) in [5, 5.41) is 8.74. The molecule has 1 aromatic carbocycles. The second kappa shape index (κ2) is 3.56. The van der Waals surface area contributed by atoms with Gasteiger partial charge < -0.3 is 11.1 Å². The summed E-state index contributed by atoms with van der Waals surface area (Å²) >= 11 is 0. The molecule has 4 nitrogen and oxygen atoms in total. The first kappa shape index (κ1) is 9.45. The highest BCUT2D eigenvalue weighted by Gasteiger charge is 2.06. The smallest absolute Gasteiger partial charge is 0.146 e. The van der Waals surface area contributed by atoms with Crippen LogP contribution >= 0.6 is 0 Å². The molecule has 0 aliphatic carbocycles. The molecule has 0 aliphatic heterocycles. The Morgan fingerprint density at radius 2 is 2.07 bits per heavy atom. The normalized spacial score (nSPS) is 10.3. The highest BCUT2D eigenvalue weighted by Crippen LogP contribution is 2.23. The minimum Gasteiger partial charge on any atom is -0.382 e. The lowest BCUT2D eigenvalue weighted by Crippen LogP contribution is -1.97. The maximum atomic E-state index is 13.2. The molecular weight excluding hydrogens is 202 g/mol. The van der Waals surface area contributed by atoms with Crippen molar-refractivity contribution in [3.8, 4) is 0 Å². The van der Waals surface area contributed by atoms with Gasteiger partial charge in [0.05, 0.1) is 11.9 Å². The number of aromatic nitrogens is 2. The van der Waals surface area contributed by atoms with Crippen LogP contribution in [0.5, 0.6) is 0 Å². The van der Waals surface area contributed by atoms with Crippen LogP contribution in [0, 0.1) is 11.6 Å². The van der Waals surface area contributed by atoms with Crippen molar-refractivity contribution in [2.75, 3.05) is 11.1 Å². The fourth-order valence-corrected chi connectivity index (χ4v) is 1.13. The van der Waals surface area contributed by atoms with Crippen LogP contribution in [-0.2, 0) is 0 Å². The highest BCUT2D eigenvalue weighted by atomic mass is 19.1. The molecule has 1 heterocycles. The molecule has 15 heavy (non-hydrogen) atoms. The zero-order valence-electron chi connectivity index (χ0n) is 7.59. The maximum Gasteiger partial charge on any atom is 0.146 e. The van der Waals surface area contributed by atoms with Crippen molar-refractivity contribution in [1.29, 1.82) is 0 Å². The first-order valence-electron chi connectivity index (χ1n) is 4.18. The van der Waals surface area contributed by atoms with E-state index in [0.29, 0.717) is 5.69 Å². The van der Waals surface area contributed by atoms with E-state index in [1.165, 1.54) is 6.20 Å². The van der Waals surface area contributed by atoms with E-state index in [-0.39, 0.29) is 11.5 Å². The Bertz CT molecular complexity index is 481. The Labute approximate surface area is 84.1 Å². The van der Waals surface area contributed by atoms with E-state index in [0.717, 1.165) is 18.2 Å². The number of aromatic amines is 1. The van der Waals surface area contributed by atoms with Crippen molar-refractivity contribution >= 4 is 17.2 Å². The number of benzene rings is 1. The number of hydrogen-bond acceptors (Lipinski definition) is 3. The predicted molar refractivity (Wildman–Crippen MR) is 52.6 cm³/mol. The molecule has 78 valence electrons. The number of rotatable bonds is 2. The van der Waals surface area contributed by atoms with E-state index in [2.05, 4.69) is 15.5 Å². The summed E-state index contributed by atoms with van der Waals surface area (Å²) in [7, 11) is 0. The Morgan fingerprint density at radius 3 is 2.73 bits per heavy atom. The fraction of sp³-hybridized carbons (Fsp3) is 0. The molecule has 6 heteroatoms. The predicted octanol–water partition coefficient (Wildman–Crippen LogP) is 2.01. The topological polar surface area (TPSA) is 66.7 Å². The molecule has 0 bridgehead atoms. The average Bonchev–Trinajstić information content (AvgIpc) is 2.58. The third-order valence-electron chi connectivity index (χ3n) is 1.87. The van der Waals surface area contributed by atoms with Crippen LogP contribution in [0.15, 0.2) is 24.4 Å². The third kappa shape index (κ3) is 1.88. The zero-order valence-corrected chi connectivity index (χ0v) is 7.59. The summed E-state index contributed by atoms with van der Waals surface area (Å²) in [5.74, 6) is -0.823. The second-order valence-corrected chi connectivity index (χ2v) is 2.95. The van der Waals surface area contributed by atoms with E-state index >= 15 is 0 Å². The number of hydrogen-bond donors (Lipinski definition) is 3. The Morgan fingerprint density at radius 1 is 1.27 bits per heavy atom. The van der Waals surface area contributed by atoms with Crippen molar-refractivity contribution in [3.05, 3.63) is 36.0 Å². The van der Waals surface area contributed by atoms with Gasteiger partial charge in [-0.25, -0.2) is 8.78 Å². The quantitative estimate of drug-likeness (QED) is 0.710. The monoisotopic (exact) mass is 210 g/mol. The molecule has 0 fully saturated rings. The lowest BCUT2D eigenvalue weighted by Gasteiger charge is -2.05. The Kier molecular flexibility index (Phi) is 2.24. The fourth-order valence-electron chi connectivity index (χ4n) is 1.13. The van der Waals surface area contributed by atoms with Gasteiger partial charge in [-0.3, -0.25) is 5.10 Å². The molecule has 2 aromatic rings. The first-order valence-corrected chi connectivity index (χ1v) is 4.18. The standard InChI is InChI=1S/C9H8F2N4/c10-5-1-2-6(11)7(3-5)14-8-4-13-15-9(8)12/h1-4,14H,(H3,12,13,15). The number of anilines is 3. The van der Waals surface area contributed by atoms with Crippen LogP contribution < -0.4 is 11.1 Å². The van der Waals surface area contributed by atoms with Gasteiger partial charge >= 0.3 is 0 Å². The lowest BCUT2D eigenvalue weighted by molar-refractivity contribution is 0.603. The van der Waals surface area contributed by atoms with Gasteiger partial charge in [-0.2, -0.15) is 5.10 Å². The molecule has 0 amide bonds. The number of halogens is 2. The van der Waals surface area contributed by atoms with Gasteiger partial charge in [-0.1, -0.05) is 0 Å². The van der Waals surface area contributed by atoms with E-state index in [1.807, 2.05) is 0 Å². The van der Waals surface area contributed by atoms with E-state index in [9.17, 15) is 8.78 Å². The summed E-state index contributed by atoms with van der Waals surface area (Å²) < 4.78 is 26.0. The van der Waals surface area contributed by atoms with Crippen molar-refractivity contribution in [2.24, 2.45) is 0 Å². The van der Waals surface area contributed by atoms with Crippen LogP contribution in [0.1, 0.15) is 0 Å². The highest BCUT2D eigenvalue weighted by molar-refractivity contribution is 5.68.